The molecule has 0 aliphatic rings. The smallest absolute Gasteiger partial charge is 0.164 e. The number of para-hydroxylation sites is 4. The number of aromatic nitrogens is 8. The maximum atomic E-state index is 5.05. The SMILES string of the molecule is c1cc(-c2nccc3ccccc23)cc(-n2c3ccccc3c3cc(-c4ccc5c(c4)c4ccccc4n5-c4ccc5c6ccccc6c6ccccc6c5c4)ccc32)c1.c1ccc(-c2nc(-c3ccccc3)nc(-c3cccc(-n4c5ccccc5c5cc(-c6ccc7c(c6)c6ccccc6n7-c6ccc7c8ccccc8c8ccccc8c7c6)ccc54)c3)n2)cc1. The number of rotatable bonds is 10. The van der Waals surface area contributed by atoms with Gasteiger partial charge >= 0.3 is 0 Å². The summed E-state index contributed by atoms with van der Waals surface area (Å²) in [6.45, 7) is 0. The fraction of sp³-hybridized carbons (Fsp3) is 0. The average molecular weight is 1630 g/mol. The monoisotopic (exact) mass is 1630 g/mol. The molecular formula is C120H74N8. The van der Waals surface area contributed by atoms with Gasteiger partial charge in [0.1, 0.15) is 0 Å². The van der Waals surface area contributed by atoms with E-state index in [1.807, 2.05) is 66.9 Å². The maximum absolute atomic E-state index is 5.05. The Morgan fingerprint density at radius 3 is 0.773 bits per heavy atom. The second-order valence-electron chi connectivity index (χ2n) is 33.5. The molecule has 27 aromatic rings. The molecule has 0 saturated carbocycles. The van der Waals surface area contributed by atoms with Gasteiger partial charge in [0.15, 0.2) is 17.5 Å². The van der Waals surface area contributed by atoms with Crippen molar-refractivity contribution in [1.82, 2.24) is 38.2 Å². The molecular weight excluding hydrogens is 1550 g/mol. The van der Waals surface area contributed by atoms with Crippen molar-refractivity contribution >= 4 is 163 Å². The third-order valence-corrected chi connectivity index (χ3v) is 26.4. The summed E-state index contributed by atoms with van der Waals surface area (Å²) < 4.78 is 9.64. The van der Waals surface area contributed by atoms with Crippen LogP contribution in [0.4, 0.5) is 0 Å². The van der Waals surface area contributed by atoms with Gasteiger partial charge in [-0.25, -0.2) is 15.0 Å². The molecule has 27 rings (SSSR count). The highest BCUT2D eigenvalue weighted by Crippen LogP contribution is 2.46. The van der Waals surface area contributed by atoms with Crippen molar-refractivity contribution in [3.05, 3.63) is 449 Å². The summed E-state index contributed by atoms with van der Waals surface area (Å²) in [5.74, 6) is 1.91. The first-order chi connectivity index (χ1) is 63.5. The Morgan fingerprint density at radius 2 is 0.406 bits per heavy atom. The molecule has 0 aliphatic heterocycles. The van der Waals surface area contributed by atoms with Crippen molar-refractivity contribution in [1.29, 1.82) is 0 Å². The zero-order chi connectivity index (χ0) is 84.0. The molecule has 0 N–H and O–H groups in total. The Kier molecular flexibility index (Phi) is 16.6. The summed E-state index contributed by atoms with van der Waals surface area (Å²) in [4.78, 5) is 19.9. The minimum atomic E-state index is 0.627. The first-order valence-electron chi connectivity index (χ1n) is 43.7. The minimum absolute atomic E-state index is 0.627. The van der Waals surface area contributed by atoms with Crippen LogP contribution in [0.3, 0.4) is 0 Å². The summed E-state index contributed by atoms with van der Waals surface area (Å²) in [6.07, 6.45) is 1.91. The minimum Gasteiger partial charge on any atom is -0.309 e. The molecule has 0 bridgehead atoms. The fourth-order valence-corrected chi connectivity index (χ4v) is 20.7. The molecule has 0 radical (unpaired) electrons. The van der Waals surface area contributed by atoms with Crippen molar-refractivity contribution in [3.8, 4) is 90.4 Å². The van der Waals surface area contributed by atoms with Crippen molar-refractivity contribution in [2.24, 2.45) is 0 Å². The van der Waals surface area contributed by atoms with Gasteiger partial charge in [-0.3, -0.25) is 4.98 Å². The first kappa shape index (κ1) is 72.4. The third-order valence-electron chi connectivity index (χ3n) is 26.4. The van der Waals surface area contributed by atoms with Crippen molar-refractivity contribution in [2.45, 2.75) is 0 Å². The van der Waals surface area contributed by atoms with E-state index in [4.69, 9.17) is 19.9 Å². The lowest BCUT2D eigenvalue weighted by Crippen LogP contribution is -2.01. The molecule has 21 aromatic carbocycles. The Hall–Kier alpha value is -17.2. The van der Waals surface area contributed by atoms with Crippen molar-refractivity contribution < 1.29 is 0 Å². The van der Waals surface area contributed by atoms with Gasteiger partial charge in [0, 0.05) is 99.7 Å². The van der Waals surface area contributed by atoms with E-state index in [2.05, 4.69) is 400 Å². The van der Waals surface area contributed by atoms with E-state index < -0.39 is 0 Å². The van der Waals surface area contributed by atoms with Gasteiger partial charge in [-0.05, 0) is 220 Å². The molecule has 0 fully saturated rings. The number of fused-ring (bicyclic) bond motifs is 25. The van der Waals surface area contributed by atoms with Crippen LogP contribution in [0, 0.1) is 0 Å². The number of pyridine rings is 1. The van der Waals surface area contributed by atoms with Gasteiger partial charge in [0.05, 0.1) is 49.8 Å². The molecule has 6 heterocycles. The largest absolute Gasteiger partial charge is 0.309 e. The van der Waals surface area contributed by atoms with Gasteiger partial charge in [0.2, 0.25) is 0 Å². The van der Waals surface area contributed by atoms with Crippen LogP contribution in [-0.4, -0.2) is 38.2 Å². The standard InChI is InChI=1S/C63H39N5.C57H35N3/c1-3-16-40(17-4-1)61-64-62(41-18-5-2-6-19-41)66-63(65-61)44-20-15-21-45(36-44)67-57-28-13-11-26-52(57)55-37-42(30-34-59(55)67)43-31-35-60-56(38-43)53-27-12-14-29-58(53)68(60)46-32-33-51-49-24-8-7-22-47(49)48-23-9-10-25-50(48)54(51)39-46;1-2-15-42-36(12-1)30-31-58-57(42)39-13-11-14-40(32-39)59-53-22-9-7-20-48(53)51-33-37(24-28-55(51)59)38-25-29-56-52(34-38)49-21-8-10-23-54(49)60(56)41-26-27-47-45-18-4-3-16-43(45)44-17-5-6-19-46(44)50(47)35-41/h1-39H;1-35H. The van der Waals surface area contributed by atoms with Crippen LogP contribution in [0.1, 0.15) is 0 Å². The van der Waals surface area contributed by atoms with Crippen LogP contribution in [0.15, 0.2) is 449 Å². The molecule has 8 nitrogen and oxygen atoms in total. The summed E-state index contributed by atoms with van der Waals surface area (Å²) in [7, 11) is 0. The highest BCUT2D eigenvalue weighted by atomic mass is 15.0. The molecule has 0 spiro atoms. The van der Waals surface area contributed by atoms with E-state index in [9.17, 15) is 0 Å². The third kappa shape index (κ3) is 11.6. The van der Waals surface area contributed by atoms with Crippen molar-refractivity contribution in [3.63, 3.8) is 0 Å². The molecule has 0 saturated heterocycles. The second kappa shape index (κ2) is 29.2. The van der Waals surface area contributed by atoms with Crippen LogP contribution >= 0.6 is 0 Å². The van der Waals surface area contributed by atoms with Crippen LogP contribution in [0.25, 0.3) is 253 Å². The predicted molar refractivity (Wildman–Crippen MR) is 537 cm³/mol. The van der Waals surface area contributed by atoms with E-state index in [0.29, 0.717) is 17.5 Å². The molecule has 0 aliphatic carbocycles. The fourth-order valence-electron chi connectivity index (χ4n) is 20.7. The lowest BCUT2D eigenvalue weighted by molar-refractivity contribution is 1.07. The van der Waals surface area contributed by atoms with Gasteiger partial charge in [-0.1, -0.05) is 315 Å². The Balaban J connectivity index is 0.000000136. The van der Waals surface area contributed by atoms with Gasteiger partial charge in [-0.15, -0.1) is 0 Å². The second-order valence-corrected chi connectivity index (χ2v) is 33.5. The van der Waals surface area contributed by atoms with Gasteiger partial charge in [0.25, 0.3) is 0 Å². The van der Waals surface area contributed by atoms with Crippen LogP contribution in [0.5, 0.6) is 0 Å². The topological polar surface area (TPSA) is 71.3 Å². The first-order valence-corrected chi connectivity index (χ1v) is 43.7. The summed E-state index contributed by atoms with van der Waals surface area (Å²) in [6, 6.07) is 160. The zero-order valence-electron chi connectivity index (χ0n) is 69.3. The summed E-state index contributed by atoms with van der Waals surface area (Å²) in [5.41, 5.74) is 23.5. The summed E-state index contributed by atoms with van der Waals surface area (Å²) in [5, 5.41) is 27.5. The van der Waals surface area contributed by atoms with Crippen LogP contribution in [0.2, 0.25) is 0 Å². The molecule has 0 amide bonds. The van der Waals surface area contributed by atoms with Gasteiger partial charge in [-0.2, -0.15) is 0 Å². The van der Waals surface area contributed by atoms with Crippen LogP contribution < -0.4 is 0 Å². The van der Waals surface area contributed by atoms with E-state index in [1.165, 1.54) is 168 Å². The average Bonchev–Trinajstić information content (AvgIpc) is 1.24. The Morgan fingerprint density at radius 1 is 0.141 bits per heavy atom. The lowest BCUT2D eigenvalue weighted by atomic mass is 9.94. The number of nitrogens with zero attached hydrogens (tertiary/aromatic N) is 8. The number of hydrogen-bond acceptors (Lipinski definition) is 4. The van der Waals surface area contributed by atoms with E-state index in [-0.39, 0.29) is 0 Å². The highest BCUT2D eigenvalue weighted by Gasteiger charge is 2.24. The molecule has 0 unspecified atom stereocenters. The number of hydrogen-bond donors (Lipinski definition) is 0. The lowest BCUT2D eigenvalue weighted by Gasteiger charge is -2.14. The normalized spacial score (nSPS) is 11.9. The Bertz CT molecular complexity index is 9160. The summed E-state index contributed by atoms with van der Waals surface area (Å²) >= 11 is 0. The number of benzene rings is 21. The molecule has 8 heteroatoms. The van der Waals surface area contributed by atoms with E-state index in [0.717, 1.165) is 67.1 Å². The molecule has 594 valence electrons. The van der Waals surface area contributed by atoms with Crippen LogP contribution in [-0.2, 0) is 0 Å². The molecule has 6 aromatic heterocycles. The molecule has 0 atom stereocenters. The Labute approximate surface area is 735 Å². The predicted octanol–water partition coefficient (Wildman–Crippen LogP) is 31.4. The van der Waals surface area contributed by atoms with Gasteiger partial charge < -0.3 is 18.3 Å². The quantitative estimate of drug-likeness (QED) is 0.128. The van der Waals surface area contributed by atoms with E-state index in [1.54, 1.807) is 0 Å². The van der Waals surface area contributed by atoms with Crippen molar-refractivity contribution in [2.75, 3.05) is 0 Å². The molecule has 128 heavy (non-hydrogen) atoms. The zero-order valence-corrected chi connectivity index (χ0v) is 69.3. The highest BCUT2D eigenvalue weighted by molar-refractivity contribution is 6.28. The van der Waals surface area contributed by atoms with E-state index >= 15 is 0 Å². The maximum Gasteiger partial charge on any atom is 0.164 e.